The highest BCUT2D eigenvalue weighted by Crippen LogP contribution is 2.51. The number of hydrogen-bond donors (Lipinski definition) is 3. The molecule has 0 radical (unpaired) electrons. The zero-order valence-corrected chi connectivity index (χ0v) is 19.8. The second-order valence-corrected chi connectivity index (χ2v) is 10.2. The molecule has 2 heterocycles. The summed E-state index contributed by atoms with van der Waals surface area (Å²) in [6, 6.07) is 12.9. The van der Waals surface area contributed by atoms with Crippen molar-refractivity contribution in [2.75, 3.05) is 0 Å². The van der Waals surface area contributed by atoms with Gasteiger partial charge in [0.15, 0.2) is 0 Å². The maximum Gasteiger partial charge on any atom is 0.330 e. The maximum absolute atomic E-state index is 12.9. The van der Waals surface area contributed by atoms with Crippen molar-refractivity contribution in [3.8, 4) is 5.75 Å². The SMILES string of the molecule is CC1(C)S[C@@H]2[C@H](NC(=O)C(N)c3ccc(O)cc3)C(=O)N2[C@H]1C(=O)OCc1ccccc1.Cl. The van der Waals surface area contributed by atoms with Gasteiger partial charge in [0.05, 0.1) is 0 Å². The molecule has 10 heteroatoms. The standard InChI is InChI=1S/C23H25N3O5S.ClH/c1-23(2)18(22(30)31-12-13-6-4-3-5-7-13)26-20(29)17(21(26)32-23)25-19(28)16(24)14-8-10-15(27)11-9-14;/h3-11,16-18,21,27H,12,24H2,1-2H3,(H,25,28);1H/t16?,17-,18+,21-;/m1./s1. The van der Waals surface area contributed by atoms with Crippen molar-refractivity contribution in [2.45, 2.75) is 48.7 Å². The Balaban J connectivity index is 0.00000306. The van der Waals surface area contributed by atoms with Crippen LogP contribution in [0.2, 0.25) is 0 Å². The Hall–Kier alpha value is -2.75. The number of thioether (sulfide) groups is 1. The number of fused-ring (bicyclic) bond motifs is 1. The number of halogens is 1. The molecular formula is C23H26ClN3O5S. The first-order valence-corrected chi connectivity index (χ1v) is 11.1. The lowest BCUT2D eigenvalue weighted by Gasteiger charge is -2.44. The summed E-state index contributed by atoms with van der Waals surface area (Å²) >= 11 is 1.45. The summed E-state index contributed by atoms with van der Waals surface area (Å²) in [5, 5.41) is 11.7. The van der Waals surface area contributed by atoms with Crippen LogP contribution in [0.25, 0.3) is 0 Å². The number of β-lactam (4-membered cyclic amide) rings is 1. The van der Waals surface area contributed by atoms with E-state index in [1.807, 2.05) is 44.2 Å². The van der Waals surface area contributed by atoms with Crippen LogP contribution in [-0.4, -0.2) is 50.0 Å². The number of carbonyl (C=O) groups excluding carboxylic acids is 3. The van der Waals surface area contributed by atoms with Crippen LogP contribution in [-0.2, 0) is 25.7 Å². The van der Waals surface area contributed by atoms with E-state index in [2.05, 4.69) is 5.32 Å². The minimum atomic E-state index is -0.983. The van der Waals surface area contributed by atoms with E-state index in [9.17, 15) is 19.5 Å². The highest BCUT2D eigenvalue weighted by Gasteiger charge is 2.64. The molecule has 2 aromatic rings. The van der Waals surface area contributed by atoms with Gasteiger partial charge >= 0.3 is 5.97 Å². The lowest BCUT2D eigenvalue weighted by Crippen LogP contribution is -2.71. The van der Waals surface area contributed by atoms with Crippen molar-refractivity contribution >= 4 is 42.0 Å². The van der Waals surface area contributed by atoms with E-state index >= 15 is 0 Å². The van der Waals surface area contributed by atoms with Gasteiger partial charge in [0.2, 0.25) is 11.8 Å². The molecule has 2 aliphatic heterocycles. The lowest BCUT2D eigenvalue weighted by atomic mass is 9.95. The van der Waals surface area contributed by atoms with E-state index in [0.717, 1.165) is 5.56 Å². The van der Waals surface area contributed by atoms with Gasteiger partial charge in [0, 0.05) is 4.75 Å². The molecule has 0 aliphatic carbocycles. The number of hydrogen-bond acceptors (Lipinski definition) is 7. The first-order valence-electron chi connectivity index (χ1n) is 10.2. The second-order valence-electron chi connectivity index (χ2n) is 8.41. The molecule has 2 aromatic carbocycles. The van der Waals surface area contributed by atoms with Crippen molar-refractivity contribution < 1.29 is 24.2 Å². The van der Waals surface area contributed by atoms with Crippen molar-refractivity contribution in [3.05, 3.63) is 65.7 Å². The summed E-state index contributed by atoms with van der Waals surface area (Å²) in [6.45, 7) is 3.91. The number of phenolic OH excluding ortho intramolecular Hbond substituents is 1. The zero-order chi connectivity index (χ0) is 23.0. The van der Waals surface area contributed by atoms with E-state index < -0.39 is 34.7 Å². The number of nitrogens with one attached hydrogen (secondary N) is 1. The molecule has 176 valence electrons. The van der Waals surface area contributed by atoms with Crippen LogP contribution in [0.1, 0.15) is 31.0 Å². The Morgan fingerprint density at radius 3 is 2.45 bits per heavy atom. The van der Waals surface area contributed by atoms with Gasteiger partial charge in [0.25, 0.3) is 0 Å². The van der Waals surface area contributed by atoms with Gasteiger partial charge in [-0.3, -0.25) is 9.59 Å². The molecule has 2 saturated heterocycles. The lowest BCUT2D eigenvalue weighted by molar-refractivity contribution is -0.165. The number of esters is 1. The molecule has 4 N–H and O–H groups in total. The third-order valence-electron chi connectivity index (χ3n) is 5.72. The molecular weight excluding hydrogens is 466 g/mol. The molecule has 0 saturated carbocycles. The van der Waals surface area contributed by atoms with Gasteiger partial charge in [-0.2, -0.15) is 0 Å². The summed E-state index contributed by atoms with van der Waals surface area (Å²) in [6.07, 6.45) is 0. The van der Waals surface area contributed by atoms with Gasteiger partial charge in [-0.05, 0) is 37.1 Å². The normalized spacial score (nSPS) is 23.5. The summed E-state index contributed by atoms with van der Waals surface area (Å²) in [7, 11) is 0. The van der Waals surface area contributed by atoms with Gasteiger partial charge in [0.1, 0.15) is 35.9 Å². The molecule has 0 spiro atoms. The first-order chi connectivity index (χ1) is 15.2. The number of carbonyl (C=O) groups is 3. The van der Waals surface area contributed by atoms with Crippen molar-refractivity contribution in [1.29, 1.82) is 0 Å². The number of nitrogens with zero attached hydrogens (tertiary/aromatic N) is 1. The van der Waals surface area contributed by atoms with Gasteiger partial charge in [-0.1, -0.05) is 42.5 Å². The minimum absolute atomic E-state index is 0. The molecule has 8 nitrogen and oxygen atoms in total. The highest BCUT2D eigenvalue weighted by atomic mass is 35.5. The van der Waals surface area contributed by atoms with Crippen molar-refractivity contribution in [3.63, 3.8) is 0 Å². The fourth-order valence-corrected chi connectivity index (χ4v) is 5.63. The van der Waals surface area contributed by atoms with Crippen LogP contribution in [0.3, 0.4) is 0 Å². The molecule has 2 aliphatic rings. The molecule has 1 unspecified atom stereocenters. The number of nitrogens with two attached hydrogens (primary N) is 1. The van der Waals surface area contributed by atoms with E-state index in [4.69, 9.17) is 10.5 Å². The maximum atomic E-state index is 12.9. The average molecular weight is 492 g/mol. The molecule has 0 aromatic heterocycles. The third kappa shape index (κ3) is 4.80. The summed E-state index contributed by atoms with van der Waals surface area (Å²) in [4.78, 5) is 39.9. The van der Waals surface area contributed by atoms with Crippen LogP contribution in [0, 0.1) is 0 Å². The number of amides is 2. The average Bonchev–Trinajstić information content (AvgIpc) is 3.04. The number of rotatable bonds is 6. The largest absolute Gasteiger partial charge is 0.508 e. The van der Waals surface area contributed by atoms with Gasteiger partial charge in [-0.15, -0.1) is 24.2 Å². The predicted octanol–water partition coefficient (Wildman–Crippen LogP) is 2.10. The Bertz CT molecular complexity index is 1030. The Morgan fingerprint density at radius 1 is 1.18 bits per heavy atom. The van der Waals surface area contributed by atoms with Gasteiger partial charge < -0.3 is 25.8 Å². The Kier molecular flexibility index (Phi) is 7.26. The van der Waals surface area contributed by atoms with Crippen LogP contribution < -0.4 is 11.1 Å². The number of ether oxygens (including phenoxy) is 1. The summed E-state index contributed by atoms with van der Waals surface area (Å²) in [5.74, 6) is -1.23. The smallest absolute Gasteiger partial charge is 0.330 e. The zero-order valence-electron chi connectivity index (χ0n) is 18.1. The third-order valence-corrected chi connectivity index (χ3v) is 7.29. The quantitative estimate of drug-likeness (QED) is 0.418. The summed E-state index contributed by atoms with van der Waals surface area (Å²) < 4.78 is 4.92. The second kappa shape index (κ2) is 9.62. The Morgan fingerprint density at radius 2 is 1.82 bits per heavy atom. The molecule has 33 heavy (non-hydrogen) atoms. The van der Waals surface area contributed by atoms with Crippen LogP contribution in [0.4, 0.5) is 0 Å². The number of aromatic hydroxyl groups is 1. The molecule has 0 bridgehead atoms. The van der Waals surface area contributed by atoms with Crippen LogP contribution in [0.5, 0.6) is 5.75 Å². The van der Waals surface area contributed by atoms with Crippen molar-refractivity contribution in [1.82, 2.24) is 10.2 Å². The van der Waals surface area contributed by atoms with E-state index in [1.165, 1.54) is 28.8 Å². The molecule has 4 rings (SSSR count). The topological polar surface area (TPSA) is 122 Å². The van der Waals surface area contributed by atoms with E-state index in [0.29, 0.717) is 5.56 Å². The molecule has 4 atom stereocenters. The minimum Gasteiger partial charge on any atom is -0.508 e. The van der Waals surface area contributed by atoms with Crippen LogP contribution in [0.15, 0.2) is 54.6 Å². The molecule has 2 fully saturated rings. The van der Waals surface area contributed by atoms with E-state index in [-0.39, 0.29) is 36.0 Å². The Labute approximate surface area is 202 Å². The number of phenols is 1. The first kappa shape index (κ1) is 24.9. The van der Waals surface area contributed by atoms with Gasteiger partial charge in [-0.25, -0.2) is 4.79 Å². The monoisotopic (exact) mass is 491 g/mol. The highest BCUT2D eigenvalue weighted by molar-refractivity contribution is 8.01. The van der Waals surface area contributed by atoms with E-state index in [1.54, 1.807) is 12.1 Å². The fraction of sp³-hybridized carbons (Fsp3) is 0.348. The summed E-state index contributed by atoms with van der Waals surface area (Å²) in [5.41, 5.74) is 7.41. The van der Waals surface area contributed by atoms with Crippen molar-refractivity contribution in [2.24, 2.45) is 5.73 Å². The number of benzene rings is 2. The predicted molar refractivity (Wildman–Crippen MR) is 127 cm³/mol. The fourth-order valence-electron chi connectivity index (χ4n) is 4.01. The molecule has 2 amide bonds. The van der Waals surface area contributed by atoms with Crippen LogP contribution >= 0.6 is 24.2 Å².